The second-order valence-electron chi connectivity index (χ2n) is 7.35. The van der Waals surface area contributed by atoms with Gasteiger partial charge in [-0.05, 0) is 43.9 Å². The fourth-order valence-electron chi connectivity index (χ4n) is 3.46. The van der Waals surface area contributed by atoms with Crippen LogP contribution in [0.4, 0.5) is 0 Å². The van der Waals surface area contributed by atoms with Crippen LogP contribution in [0.1, 0.15) is 27.8 Å². The lowest BCUT2D eigenvalue weighted by Gasteiger charge is -2.33. The number of ether oxygens (including phenoxy) is 1. The van der Waals surface area contributed by atoms with Crippen LogP contribution in [-0.2, 0) is 11.3 Å². The Balaban J connectivity index is 1.58. The van der Waals surface area contributed by atoms with E-state index in [2.05, 4.69) is 15.0 Å². The lowest BCUT2D eigenvalue weighted by molar-refractivity contribution is -0.00577. The number of amides is 1. The zero-order valence-corrected chi connectivity index (χ0v) is 16.6. The molecule has 0 spiro atoms. The molecule has 1 atom stereocenters. The number of carbonyl (C=O) groups is 1. The molecule has 1 unspecified atom stereocenters. The molecule has 2 heterocycles. The van der Waals surface area contributed by atoms with Gasteiger partial charge in [0.05, 0.1) is 13.2 Å². The summed E-state index contributed by atoms with van der Waals surface area (Å²) in [4.78, 5) is 21.6. The van der Waals surface area contributed by atoms with E-state index in [-0.39, 0.29) is 11.9 Å². The minimum atomic E-state index is -0.380. The van der Waals surface area contributed by atoms with Gasteiger partial charge in [0.15, 0.2) is 5.82 Å². The Morgan fingerprint density at radius 3 is 2.79 bits per heavy atom. The van der Waals surface area contributed by atoms with Crippen molar-refractivity contribution in [2.24, 2.45) is 0 Å². The first-order valence-corrected chi connectivity index (χ1v) is 9.63. The fourth-order valence-corrected chi connectivity index (χ4v) is 3.46. The topological polar surface area (TPSA) is 71.7 Å². The van der Waals surface area contributed by atoms with Crippen molar-refractivity contribution in [1.82, 2.24) is 19.9 Å². The van der Waals surface area contributed by atoms with E-state index in [9.17, 15) is 4.79 Å². The number of morpholine rings is 1. The molecule has 1 amide bonds. The van der Waals surface area contributed by atoms with E-state index < -0.39 is 0 Å². The SMILES string of the molecule is CN(C)Cc1cccc(C(=O)N2CCOCC2c2noc(-c3ccccc3)n2)c1. The second-order valence-corrected chi connectivity index (χ2v) is 7.35. The predicted molar refractivity (Wildman–Crippen MR) is 108 cm³/mol. The van der Waals surface area contributed by atoms with Gasteiger partial charge >= 0.3 is 0 Å². The van der Waals surface area contributed by atoms with Crippen molar-refractivity contribution in [3.05, 3.63) is 71.5 Å². The summed E-state index contributed by atoms with van der Waals surface area (Å²) in [6.45, 7) is 2.09. The Morgan fingerprint density at radius 2 is 2.00 bits per heavy atom. The van der Waals surface area contributed by atoms with Gasteiger partial charge in [-0.1, -0.05) is 35.5 Å². The van der Waals surface area contributed by atoms with Gasteiger partial charge < -0.3 is 19.1 Å². The molecule has 0 N–H and O–H groups in total. The van der Waals surface area contributed by atoms with E-state index in [4.69, 9.17) is 9.26 Å². The van der Waals surface area contributed by atoms with Crippen LogP contribution in [0.25, 0.3) is 11.5 Å². The highest BCUT2D eigenvalue weighted by atomic mass is 16.5. The van der Waals surface area contributed by atoms with Gasteiger partial charge in [-0.3, -0.25) is 4.79 Å². The van der Waals surface area contributed by atoms with Crippen LogP contribution < -0.4 is 0 Å². The third-order valence-corrected chi connectivity index (χ3v) is 4.82. The number of carbonyl (C=O) groups excluding carboxylic acids is 1. The summed E-state index contributed by atoms with van der Waals surface area (Å²) >= 11 is 0. The summed E-state index contributed by atoms with van der Waals surface area (Å²) in [7, 11) is 4.01. The molecule has 0 bridgehead atoms. The largest absolute Gasteiger partial charge is 0.377 e. The summed E-state index contributed by atoms with van der Waals surface area (Å²) in [6, 6.07) is 16.9. The first kappa shape index (κ1) is 19.3. The molecule has 7 heteroatoms. The highest BCUT2D eigenvalue weighted by molar-refractivity contribution is 5.94. The third-order valence-electron chi connectivity index (χ3n) is 4.82. The molecule has 1 aliphatic heterocycles. The molecule has 1 saturated heterocycles. The number of benzene rings is 2. The molecule has 4 rings (SSSR count). The van der Waals surface area contributed by atoms with Crippen molar-refractivity contribution >= 4 is 5.91 Å². The maximum atomic E-state index is 13.3. The molecule has 1 aliphatic rings. The minimum Gasteiger partial charge on any atom is -0.377 e. The molecule has 1 aromatic heterocycles. The molecule has 2 aromatic carbocycles. The summed E-state index contributed by atoms with van der Waals surface area (Å²) in [5.41, 5.74) is 2.59. The number of hydrogen-bond acceptors (Lipinski definition) is 6. The van der Waals surface area contributed by atoms with Gasteiger partial charge in [0, 0.05) is 24.2 Å². The Bertz CT molecular complexity index is 971. The van der Waals surface area contributed by atoms with Gasteiger partial charge in [0.25, 0.3) is 11.8 Å². The Hall–Kier alpha value is -3.03. The van der Waals surface area contributed by atoms with E-state index in [1.54, 1.807) is 4.90 Å². The van der Waals surface area contributed by atoms with Crippen LogP contribution in [0.5, 0.6) is 0 Å². The van der Waals surface area contributed by atoms with Crippen molar-refractivity contribution in [1.29, 1.82) is 0 Å². The Labute approximate surface area is 169 Å². The van der Waals surface area contributed by atoms with Crippen molar-refractivity contribution in [3.63, 3.8) is 0 Å². The fraction of sp³-hybridized carbons (Fsp3) is 0.318. The van der Waals surface area contributed by atoms with E-state index in [0.29, 0.717) is 37.0 Å². The standard InChI is InChI=1S/C22H24N4O3/c1-25(2)14-16-7-6-10-18(13-16)22(27)26-11-12-28-15-19(26)20-23-21(29-24-20)17-8-4-3-5-9-17/h3-10,13,19H,11-12,14-15H2,1-2H3. The van der Waals surface area contributed by atoms with Crippen molar-refractivity contribution in [2.45, 2.75) is 12.6 Å². The molecule has 150 valence electrons. The van der Waals surface area contributed by atoms with Crippen molar-refractivity contribution in [2.75, 3.05) is 33.9 Å². The number of aromatic nitrogens is 2. The average molecular weight is 392 g/mol. The van der Waals surface area contributed by atoms with E-state index in [0.717, 1.165) is 17.7 Å². The van der Waals surface area contributed by atoms with Crippen LogP contribution in [0.2, 0.25) is 0 Å². The average Bonchev–Trinajstić information content (AvgIpc) is 3.24. The van der Waals surface area contributed by atoms with Crippen molar-refractivity contribution < 1.29 is 14.1 Å². The molecule has 7 nitrogen and oxygen atoms in total. The smallest absolute Gasteiger partial charge is 0.257 e. The molecule has 1 fully saturated rings. The maximum absolute atomic E-state index is 13.3. The van der Waals surface area contributed by atoms with Gasteiger partial charge in [0.1, 0.15) is 6.04 Å². The second kappa shape index (κ2) is 8.55. The first-order valence-electron chi connectivity index (χ1n) is 9.63. The van der Waals surface area contributed by atoms with Crippen molar-refractivity contribution in [3.8, 4) is 11.5 Å². The summed E-state index contributed by atoms with van der Waals surface area (Å²) in [5.74, 6) is 0.845. The predicted octanol–water partition coefficient (Wildman–Crippen LogP) is 3.01. The molecule has 29 heavy (non-hydrogen) atoms. The lowest BCUT2D eigenvalue weighted by atomic mass is 10.1. The lowest BCUT2D eigenvalue weighted by Crippen LogP contribution is -2.43. The van der Waals surface area contributed by atoms with E-state index in [1.807, 2.05) is 68.7 Å². The monoisotopic (exact) mass is 392 g/mol. The highest BCUT2D eigenvalue weighted by Crippen LogP contribution is 2.26. The quantitative estimate of drug-likeness (QED) is 0.665. The number of nitrogens with zero attached hydrogens (tertiary/aromatic N) is 4. The van der Waals surface area contributed by atoms with E-state index in [1.165, 1.54) is 0 Å². The molecule has 0 aliphatic carbocycles. The zero-order valence-electron chi connectivity index (χ0n) is 16.6. The summed E-state index contributed by atoms with van der Waals surface area (Å²) < 4.78 is 11.1. The van der Waals surface area contributed by atoms with Crippen LogP contribution in [0.15, 0.2) is 59.1 Å². The zero-order chi connectivity index (χ0) is 20.2. The third kappa shape index (κ3) is 4.36. The van der Waals surface area contributed by atoms with E-state index >= 15 is 0 Å². The molecule has 3 aromatic rings. The van der Waals surface area contributed by atoms with Gasteiger partial charge in [0.2, 0.25) is 0 Å². The normalized spacial score (nSPS) is 16.9. The van der Waals surface area contributed by atoms with Gasteiger partial charge in [-0.2, -0.15) is 4.98 Å². The van der Waals surface area contributed by atoms with Crippen LogP contribution in [0.3, 0.4) is 0 Å². The first-order chi connectivity index (χ1) is 14.1. The maximum Gasteiger partial charge on any atom is 0.257 e. The minimum absolute atomic E-state index is 0.0510. The molecular weight excluding hydrogens is 368 g/mol. The Morgan fingerprint density at radius 1 is 1.17 bits per heavy atom. The Kier molecular flexibility index (Phi) is 5.69. The van der Waals surface area contributed by atoms with Crippen LogP contribution in [0, 0.1) is 0 Å². The number of hydrogen-bond donors (Lipinski definition) is 0. The highest BCUT2D eigenvalue weighted by Gasteiger charge is 2.33. The molecule has 0 radical (unpaired) electrons. The number of rotatable bonds is 5. The molecular formula is C22H24N4O3. The summed E-state index contributed by atoms with van der Waals surface area (Å²) in [5, 5.41) is 4.13. The van der Waals surface area contributed by atoms with Crippen LogP contribution in [-0.4, -0.2) is 59.7 Å². The van der Waals surface area contributed by atoms with Gasteiger partial charge in [-0.25, -0.2) is 0 Å². The molecule has 0 saturated carbocycles. The van der Waals surface area contributed by atoms with Crippen LogP contribution >= 0.6 is 0 Å². The van der Waals surface area contributed by atoms with Gasteiger partial charge in [-0.15, -0.1) is 0 Å². The summed E-state index contributed by atoms with van der Waals surface area (Å²) in [6.07, 6.45) is 0.